The number of alkyl halides is 1. The van der Waals surface area contributed by atoms with Crippen LogP contribution in [0.25, 0.3) is 0 Å². The van der Waals surface area contributed by atoms with E-state index in [4.69, 9.17) is 4.74 Å². The smallest absolute Gasteiger partial charge is 0.139 e. The molecule has 2 rings (SSSR count). The number of rotatable bonds is 4. The number of ether oxygens (including phenoxy) is 1. The minimum atomic E-state index is 0.542. The number of hydrogen-bond donors (Lipinski definition) is 0. The SMILES string of the molecule is BrCCC#Cc1cncc(OCc2ccccc2)c1. The van der Waals surface area contributed by atoms with Crippen molar-refractivity contribution in [3.63, 3.8) is 0 Å². The molecule has 0 aliphatic heterocycles. The highest BCUT2D eigenvalue weighted by atomic mass is 79.9. The molecule has 0 unspecified atom stereocenters. The van der Waals surface area contributed by atoms with E-state index in [-0.39, 0.29) is 0 Å². The number of halogens is 1. The summed E-state index contributed by atoms with van der Waals surface area (Å²) in [6.45, 7) is 0.542. The summed E-state index contributed by atoms with van der Waals surface area (Å²) in [7, 11) is 0. The minimum Gasteiger partial charge on any atom is -0.487 e. The van der Waals surface area contributed by atoms with E-state index in [0.717, 1.165) is 28.6 Å². The summed E-state index contributed by atoms with van der Waals surface area (Å²) in [5.41, 5.74) is 2.02. The van der Waals surface area contributed by atoms with Gasteiger partial charge in [0.15, 0.2) is 0 Å². The van der Waals surface area contributed by atoms with Crippen LogP contribution in [0.4, 0.5) is 0 Å². The van der Waals surface area contributed by atoms with Crippen molar-refractivity contribution < 1.29 is 4.74 Å². The van der Waals surface area contributed by atoms with E-state index < -0.39 is 0 Å². The van der Waals surface area contributed by atoms with Crippen molar-refractivity contribution in [2.45, 2.75) is 13.0 Å². The van der Waals surface area contributed by atoms with Gasteiger partial charge in [-0.3, -0.25) is 4.98 Å². The fourth-order valence-corrected chi connectivity index (χ4v) is 1.72. The molecule has 0 radical (unpaired) electrons. The summed E-state index contributed by atoms with van der Waals surface area (Å²) in [5.74, 6) is 6.87. The third-order valence-electron chi connectivity index (χ3n) is 2.41. The highest BCUT2D eigenvalue weighted by Gasteiger charge is 1.97. The highest BCUT2D eigenvalue weighted by Crippen LogP contribution is 2.12. The van der Waals surface area contributed by atoms with E-state index in [2.05, 4.69) is 32.8 Å². The second kappa shape index (κ2) is 7.60. The van der Waals surface area contributed by atoms with Crippen molar-refractivity contribution in [3.8, 4) is 17.6 Å². The average molecular weight is 316 g/mol. The van der Waals surface area contributed by atoms with Crippen LogP contribution >= 0.6 is 15.9 Å². The van der Waals surface area contributed by atoms with E-state index in [1.54, 1.807) is 12.4 Å². The molecule has 3 heteroatoms. The maximum absolute atomic E-state index is 5.70. The Morgan fingerprint density at radius 3 is 2.79 bits per heavy atom. The molecular weight excluding hydrogens is 302 g/mol. The van der Waals surface area contributed by atoms with Gasteiger partial charge in [-0.1, -0.05) is 58.1 Å². The number of pyridine rings is 1. The van der Waals surface area contributed by atoms with Crippen molar-refractivity contribution in [1.29, 1.82) is 0 Å². The molecule has 0 amide bonds. The molecule has 0 atom stereocenters. The number of aromatic nitrogens is 1. The lowest BCUT2D eigenvalue weighted by Crippen LogP contribution is -1.95. The summed E-state index contributed by atoms with van der Waals surface area (Å²) >= 11 is 3.35. The first-order chi connectivity index (χ1) is 9.38. The van der Waals surface area contributed by atoms with Crippen molar-refractivity contribution in [3.05, 3.63) is 59.9 Å². The lowest BCUT2D eigenvalue weighted by Gasteiger charge is -2.05. The molecule has 96 valence electrons. The van der Waals surface area contributed by atoms with Gasteiger partial charge in [-0.2, -0.15) is 0 Å². The van der Waals surface area contributed by atoms with Gasteiger partial charge in [0.1, 0.15) is 12.4 Å². The van der Waals surface area contributed by atoms with Crippen molar-refractivity contribution >= 4 is 15.9 Å². The molecule has 0 aliphatic carbocycles. The zero-order valence-electron chi connectivity index (χ0n) is 10.5. The summed E-state index contributed by atoms with van der Waals surface area (Å²) in [4.78, 5) is 4.14. The molecule has 2 nitrogen and oxygen atoms in total. The van der Waals surface area contributed by atoms with Crippen LogP contribution < -0.4 is 4.74 Å². The van der Waals surface area contributed by atoms with E-state index in [1.165, 1.54) is 0 Å². The van der Waals surface area contributed by atoms with Crippen molar-refractivity contribution in [1.82, 2.24) is 4.98 Å². The van der Waals surface area contributed by atoms with Gasteiger partial charge >= 0.3 is 0 Å². The topological polar surface area (TPSA) is 22.1 Å². The number of hydrogen-bond acceptors (Lipinski definition) is 2. The number of nitrogens with zero attached hydrogens (tertiary/aromatic N) is 1. The molecule has 0 aliphatic rings. The molecular formula is C16H14BrNO. The van der Waals surface area contributed by atoms with Crippen molar-refractivity contribution in [2.24, 2.45) is 0 Å². The van der Waals surface area contributed by atoms with Crippen LogP contribution in [0.1, 0.15) is 17.5 Å². The van der Waals surface area contributed by atoms with E-state index in [1.807, 2.05) is 36.4 Å². The molecule has 0 bridgehead atoms. The molecule has 0 spiro atoms. The van der Waals surface area contributed by atoms with Crippen LogP contribution in [0.3, 0.4) is 0 Å². The fourth-order valence-electron chi connectivity index (χ4n) is 1.52. The third kappa shape index (κ3) is 4.76. The molecule has 1 heterocycles. The molecule has 2 aromatic rings. The standard InChI is InChI=1S/C16H14BrNO/c17-9-5-4-8-15-10-16(12-18-11-15)19-13-14-6-2-1-3-7-14/h1-3,6-7,10-12H,5,9,13H2. The first kappa shape index (κ1) is 13.6. The molecule has 19 heavy (non-hydrogen) atoms. The first-order valence-corrected chi connectivity index (χ1v) is 7.17. The van der Waals surface area contributed by atoms with E-state index in [0.29, 0.717) is 6.61 Å². The Labute approximate surface area is 122 Å². The fraction of sp³-hybridized carbons (Fsp3) is 0.188. The van der Waals surface area contributed by atoms with E-state index >= 15 is 0 Å². The Bertz CT molecular complexity index is 572. The van der Waals surface area contributed by atoms with Crippen LogP contribution in [-0.4, -0.2) is 10.3 Å². The summed E-state index contributed by atoms with van der Waals surface area (Å²) in [6, 6.07) is 12.0. The van der Waals surface area contributed by atoms with Gasteiger partial charge in [-0.25, -0.2) is 0 Å². The second-order valence-corrected chi connectivity index (χ2v) is 4.72. The number of benzene rings is 1. The van der Waals surface area contributed by atoms with Crippen LogP contribution in [0.2, 0.25) is 0 Å². The van der Waals surface area contributed by atoms with Gasteiger partial charge in [0, 0.05) is 23.5 Å². The van der Waals surface area contributed by atoms with Gasteiger partial charge in [0.25, 0.3) is 0 Å². The Kier molecular flexibility index (Phi) is 5.46. The monoisotopic (exact) mass is 315 g/mol. The Balaban J connectivity index is 1.98. The lowest BCUT2D eigenvalue weighted by molar-refractivity contribution is 0.305. The lowest BCUT2D eigenvalue weighted by atomic mass is 10.2. The van der Waals surface area contributed by atoms with Gasteiger partial charge in [-0.15, -0.1) is 0 Å². The predicted molar refractivity (Wildman–Crippen MR) is 80.3 cm³/mol. The van der Waals surface area contributed by atoms with Crippen molar-refractivity contribution in [2.75, 3.05) is 5.33 Å². The Morgan fingerprint density at radius 2 is 2.00 bits per heavy atom. The molecule has 0 saturated heterocycles. The Hall–Kier alpha value is -1.79. The van der Waals surface area contributed by atoms with Crippen LogP contribution in [0, 0.1) is 11.8 Å². The largest absolute Gasteiger partial charge is 0.487 e. The zero-order chi connectivity index (χ0) is 13.3. The zero-order valence-corrected chi connectivity index (χ0v) is 12.1. The molecule has 0 N–H and O–H groups in total. The minimum absolute atomic E-state index is 0.542. The molecule has 0 fully saturated rings. The molecule has 0 saturated carbocycles. The summed E-state index contributed by atoms with van der Waals surface area (Å²) in [6.07, 6.45) is 4.28. The van der Waals surface area contributed by atoms with Crippen LogP contribution in [0.5, 0.6) is 5.75 Å². The molecule has 1 aromatic heterocycles. The Morgan fingerprint density at radius 1 is 1.16 bits per heavy atom. The summed E-state index contributed by atoms with van der Waals surface area (Å²) in [5, 5.41) is 0.887. The quantitative estimate of drug-likeness (QED) is 0.632. The average Bonchev–Trinajstić information content (AvgIpc) is 2.47. The third-order valence-corrected chi connectivity index (χ3v) is 2.81. The van der Waals surface area contributed by atoms with Gasteiger partial charge in [0.05, 0.1) is 6.20 Å². The van der Waals surface area contributed by atoms with Crippen LogP contribution in [-0.2, 0) is 6.61 Å². The molecule has 1 aromatic carbocycles. The maximum atomic E-state index is 5.70. The second-order valence-electron chi connectivity index (χ2n) is 3.92. The van der Waals surface area contributed by atoms with Gasteiger partial charge in [-0.05, 0) is 11.6 Å². The van der Waals surface area contributed by atoms with Crippen LogP contribution in [0.15, 0.2) is 48.8 Å². The predicted octanol–water partition coefficient (Wildman–Crippen LogP) is 3.80. The highest BCUT2D eigenvalue weighted by molar-refractivity contribution is 9.09. The summed E-state index contributed by atoms with van der Waals surface area (Å²) < 4.78 is 5.70. The van der Waals surface area contributed by atoms with E-state index in [9.17, 15) is 0 Å². The first-order valence-electron chi connectivity index (χ1n) is 6.05. The van der Waals surface area contributed by atoms with Gasteiger partial charge < -0.3 is 4.74 Å². The maximum Gasteiger partial charge on any atom is 0.139 e. The normalized spacial score (nSPS) is 9.53. The van der Waals surface area contributed by atoms with Gasteiger partial charge in [0.2, 0.25) is 0 Å².